The molecular weight excluding hydrogens is 284 g/mol. The van der Waals surface area contributed by atoms with Gasteiger partial charge in [-0.05, 0) is 24.8 Å². The molecule has 4 N–H and O–H groups in total. The van der Waals surface area contributed by atoms with Crippen molar-refractivity contribution in [3.63, 3.8) is 0 Å². The number of aliphatic hydroxyl groups is 2. The summed E-state index contributed by atoms with van der Waals surface area (Å²) in [6.45, 7) is 1.39. The Morgan fingerprint density at radius 1 is 1.36 bits per heavy atom. The quantitative estimate of drug-likeness (QED) is 0.571. The van der Waals surface area contributed by atoms with Gasteiger partial charge in [-0.15, -0.1) is 0 Å². The Morgan fingerprint density at radius 2 is 2.05 bits per heavy atom. The molecule has 0 aliphatic carbocycles. The fraction of sp³-hybridized carbons (Fsp3) is 0.500. The summed E-state index contributed by atoms with van der Waals surface area (Å²) in [5.41, 5.74) is 1.17. The number of nitrogens with one attached hydrogen (secondary N) is 2. The highest BCUT2D eigenvalue weighted by atomic mass is 16.3. The number of ketones is 1. The van der Waals surface area contributed by atoms with Crippen LogP contribution in [0.3, 0.4) is 0 Å². The van der Waals surface area contributed by atoms with Crippen LogP contribution in [-0.4, -0.2) is 53.2 Å². The van der Waals surface area contributed by atoms with Gasteiger partial charge in [0.1, 0.15) is 12.6 Å². The predicted molar refractivity (Wildman–Crippen MR) is 81.3 cm³/mol. The molecule has 22 heavy (non-hydrogen) atoms. The molecule has 0 bridgehead atoms. The van der Waals surface area contributed by atoms with E-state index in [-0.39, 0.29) is 11.8 Å². The van der Waals surface area contributed by atoms with E-state index in [2.05, 4.69) is 10.6 Å². The van der Waals surface area contributed by atoms with Gasteiger partial charge < -0.3 is 20.8 Å². The van der Waals surface area contributed by atoms with E-state index in [1.54, 1.807) is 0 Å². The molecule has 0 radical (unpaired) electrons. The second-order valence-corrected chi connectivity index (χ2v) is 5.66. The molecule has 0 aromatic heterocycles. The molecule has 1 aliphatic heterocycles. The van der Waals surface area contributed by atoms with Gasteiger partial charge in [-0.1, -0.05) is 30.3 Å². The van der Waals surface area contributed by atoms with Gasteiger partial charge in [-0.25, -0.2) is 0 Å². The second kappa shape index (κ2) is 7.49. The highest BCUT2D eigenvalue weighted by Gasteiger charge is 2.33. The monoisotopic (exact) mass is 306 g/mol. The molecule has 6 nitrogen and oxygen atoms in total. The molecule has 1 fully saturated rings. The first-order chi connectivity index (χ1) is 10.5. The van der Waals surface area contributed by atoms with E-state index in [1.807, 2.05) is 30.3 Å². The Labute approximate surface area is 129 Å². The molecule has 1 unspecified atom stereocenters. The molecule has 2 rings (SSSR count). The van der Waals surface area contributed by atoms with Gasteiger partial charge >= 0.3 is 0 Å². The van der Waals surface area contributed by atoms with Crippen molar-refractivity contribution < 1.29 is 19.8 Å². The third-order valence-corrected chi connectivity index (χ3v) is 4.00. The fourth-order valence-corrected chi connectivity index (χ4v) is 2.74. The molecule has 0 saturated carbocycles. The van der Waals surface area contributed by atoms with Gasteiger partial charge in [0.15, 0.2) is 5.78 Å². The van der Waals surface area contributed by atoms with Crippen LogP contribution in [0.15, 0.2) is 30.3 Å². The Morgan fingerprint density at radius 3 is 2.64 bits per heavy atom. The van der Waals surface area contributed by atoms with Crippen LogP contribution in [0.1, 0.15) is 24.8 Å². The minimum Gasteiger partial charge on any atom is -0.391 e. The van der Waals surface area contributed by atoms with Gasteiger partial charge in [-0.2, -0.15) is 0 Å². The Hall–Kier alpha value is -1.76. The maximum Gasteiger partial charge on any atom is 0.237 e. The molecule has 1 aliphatic rings. The number of benzene rings is 1. The van der Waals surface area contributed by atoms with E-state index in [0.717, 1.165) is 0 Å². The zero-order chi connectivity index (χ0) is 16.1. The van der Waals surface area contributed by atoms with Crippen LogP contribution in [0, 0.1) is 0 Å². The number of carbonyl (C=O) groups is 2. The standard InChI is InChI=1S/C16H22N2O4/c1-10(20)15(14(21)9-19)18-16(22)13-7-12(8-17-13)11-5-3-2-4-6-11/h2-6,10,12-13,15,17,19-20H,7-9H2,1H3,(H,18,22)/t10-,12-,13+,15?/m1/s1. The van der Waals surface area contributed by atoms with Crippen molar-refractivity contribution in [2.24, 2.45) is 0 Å². The zero-order valence-electron chi connectivity index (χ0n) is 12.5. The number of rotatable bonds is 6. The molecule has 1 aromatic rings. The molecule has 0 spiro atoms. The van der Waals surface area contributed by atoms with Gasteiger partial charge in [0.2, 0.25) is 5.91 Å². The van der Waals surface area contributed by atoms with Crippen molar-refractivity contribution in [3.8, 4) is 0 Å². The number of aliphatic hydroxyl groups excluding tert-OH is 2. The average molecular weight is 306 g/mol. The van der Waals surface area contributed by atoms with E-state index in [4.69, 9.17) is 5.11 Å². The number of amides is 1. The van der Waals surface area contributed by atoms with Crippen LogP contribution in [0.4, 0.5) is 0 Å². The van der Waals surface area contributed by atoms with Crippen molar-refractivity contribution in [3.05, 3.63) is 35.9 Å². The highest BCUT2D eigenvalue weighted by Crippen LogP contribution is 2.25. The first kappa shape index (κ1) is 16.6. The van der Waals surface area contributed by atoms with Crippen LogP contribution in [0.25, 0.3) is 0 Å². The molecular formula is C16H22N2O4. The molecule has 1 heterocycles. The van der Waals surface area contributed by atoms with E-state index >= 15 is 0 Å². The summed E-state index contributed by atoms with van der Waals surface area (Å²) in [7, 11) is 0. The van der Waals surface area contributed by atoms with Crippen LogP contribution in [-0.2, 0) is 9.59 Å². The lowest BCUT2D eigenvalue weighted by molar-refractivity contribution is -0.132. The van der Waals surface area contributed by atoms with E-state index in [0.29, 0.717) is 13.0 Å². The highest BCUT2D eigenvalue weighted by molar-refractivity contribution is 5.92. The molecule has 1 amide bonds. The summed E-state index contributed by atoms with van der Waals surface area (Å²) in [5.74, 6) is -0.678. The largest absolute Gasteiger partial charge is 0.391 e. The third kappa shape index (κ3) is 3.91. The van der Waals surface area contributed by atoms with E-state index in [1.165, 1.54) is 12.5 Å². The molecule has 4 atom stereocenters. The Kier molecular flexibility index (Phi) is 5.65. The normalized spacial score (nSPS) is 23.8. The Balaban J connectivity index is 1.95. The van der Waals surface area contributed by atoms with Gasteiger partial charge in [0.25, 0.3) is 0 Å². The average Bonchev–Trinajstić information content (AvgIpc) is 3.02. The zero-order valence-corrected chi connectivity index (χ0v) is 12.5. The van der Waals surface area contributed by atoms with Crippen LogP contribution in [0.5, 0.6) is 0 Å². The number of Topliss-reactive ketones (excluding diaryl/α,β-unsaturated/α-hetero) is 1. The summed E-state index contributed by atoms with van der Waals surface area (Å²) in [4.78, 5) is 23.8. The lowest BCUT2D eigenvalue weighted by Gasteiger charge is -2.21. The number of hydrogen-bond donors (Lipinski definition) is 4. The predicted octanol–water partition coefficient (Wildman–Crippen LogP) is -0.441. The topological polar surface area (TPSA) is 98.7 Å². The van der Waals surface area contributed by atoms with Crippen LogP contribution >= 0.6 is 0 Å². The molecule has 1 aromatic carbocycles. The first-order valence-corrected chi connectivity index (χ1v) is 7.43. The number of carbonyl (C=O) groups excluding carboxylic acids is 2. The minimum atomic E-state index is -1.07. The van der Waals surface area contributed by atoms with Crippen LogP contribution in [0.2, 0.25) is 0 Å². The van der Waals surface area contributed by atoms with E-state index in [9.17, 15) is 14.7 Å². The molecule has 1 saturated heterocycles. The van der Waals surface area contributed by atoms with Crippen molar-refractivity contribution in [1.29, 1.82) is 0 Å². The molecule has 6 heteroatoms. The summed E-state index contributed by atoms with van der Waals surface area (Å²) >= 11 is 0. The van der Waals surface area contributed by atoms with Gasteiger partial charge in [-0.3, -0.25) is 9.59 Å². The Bertz CT molecular complexity index is 518. The summed E-state index contributed by atoms with van der Waals surface area (Å²) in [6, 6.07) is 8.45. The summed E-state index contributed by atoms with van der Waals surface area (Å²) < 4.78 is 0. The van der Waals surface area contributed by atoms with Gasteiger partial charge in [0, 0.05) is 6.54 Å². The van der Waals surface area contributed by atoms with Crippen LogP contribution < -0.4 is 10.6 Å². The van der Waals surface area contributed by atoms with Crippen molar-refractivity contribution in [2.75, 3.05) is 13.2 Å². The summed E-state index contributed by atoms with van der Waals surface area (Å²) in [6.07, 6.45) is -0.412. The number of hydrogen-bond acceptors (Lipinski definition) is 5. The van der Waals surface area contributed by atoms with Gasteiger partial charge in [0.05, 0.1) is 12.1 Å². The minimum absolute atomic E-state index is 0.246. The van der Waals surface area contributed by atoms with E-state index < -0.39 is 30.6 Å². The van der Waals surface area contributed by atoms with Crippen molar-refractivity contribution in [2.45, 2.75) is 37.5 Å². The fourth-order valence-electron chi connectivity index (χ4n) is 2.74. The second-order valence-electron chi connectivity index (χ2n) is 5.66. The maximum atomic E-state index is 12.2. The van der Waals surface area contributed by atoms with Crippen molar-refractivity contribution >= 4 is 11.7 Å². The summed E-state index contributed by atoms with van der Waals surface area (Å²) in [5, 5.41) is 24.1. The lowest BCUT2D eigenvalue weighted by atomic mass is 9.96. The lowest BCUT2D eigenvalue weighted by Crippen LogP contribution is -2.53. The smallest absolute Gasteiger partial charge is 0.237 e. The molecule has 120 valence electrons. The van der Waals surface area contributed by atoms with Crippen molar-refractivity contribution in [1.82, 2.24) is 10.6 Å². The SMILES string of the molecule is C[C@@H](O)C(NC(=O)[C@@H]1C[C@@H](c2ccccc2)CN1)C(=O)CO. The maximum absolute atomic E-state index is 12.2. The third-order valence-electron chi connectivity index (χ3n) is 4.00. The first-order valence-electron chi connectivity index (χ1n) is 7.43.